The van der Waals surface area contributed by atoms with Crippen molar-refractivity contribution in [3.63, 3.8) is 0 Å². The highest BCUT2D eigenvalue weighted by atomic mass is 16.7. The molecule has 7 nitrogen and oxygen atoms in total. The molecule has 0 aromatic carbocycles. The largest absolute Gasteiger partial charge is 0.383 e. The molecule has 0 saturated heterocycles. The maximum Gasteiger partial charge on any atom is 0.224 e. The molecule has 0 aliphatic heterocycles. The van der Waals surface area contributed by atoms with Gasteiger partial charge in [0.1, 0.15) is 12.6 Å². The molecule has 102 valence electrons. The fourth-order valence-electron chi connectivity index (χ4n) is 1.84. The predicted octanol–water partition coefficient (Wildman–Crippen LogP) is 0.872. The molecule has 2 heterocycles. The summed E-state index contributed by atoms with van der Waals surface area (Å²) in [5, 5.41) is 0.683. The third-order valence-electron chi connectivity index (χ3n) is 2.70. The summed E-state index contributed by atoms with van der Waals surface area (Å²) in [7, 11) is 1.58. The quantitative estimate of drug-likeness (QED) is 0.608. The van der Waals surface area contributed by atoms with Crippen molar-refractivity contribution in [2.75, 3.05) is 25.4 Å². The first-order valence-electron chi connectivity index (χ1n) is 5.93. The summed E-state index contributed by atoms with van der Waals surface area (Å²) in [6.07, 6.45) is 0.769. The Bertz CT molecular complexity index is 588. The molecule has 0 unspecified atom stereocenters. The summed E-state index contributed by atoms with van der Waals surface area (Å²) in [5.74, 6) is 0.452. The van der Waals surface area contributed by atoms with Crippen molar-refractivity contribution in [1.82, 2.24) is 15.0 Å². The molecule has 4 N–H and O–H groups in total. The number of hydrogen-bond acceptors (Lipinski definition) is 7. The monoisotopic (exact) mass is 263 g/mol. The first-order chi connectivity index (χ1) is 9.15. The summed E-state index contributed by atoms with van der Waals surface area (Å²) in [6.45, 7) is 2.65. The molecule has 7 heteroatoms. The van der Waals surface area contributed by atoms with Crippen molar-refractivity contribution < 1.29 is 9.47 Å². The van der Waals surface area contributed by atoms with Crippen LogP contribution in [0.1, 0.15) is 18.2 Å². The predicted molar refractivity (Wildman–Crippen MR) is 72.2 cm³/mol. The van der Waals surface area contributed by atoms with E-state index in [4.69, 9.17) is 20.9 Å². The second kappa shape index (κ2) is 5.77. The third kappa shape index (κ3) is 2.88. The summed E-state index contributed by atoms with van der Waals surface area (Å²) in [6, 6.07) is 1.89. The van der Waals surface area contributed by atoms with Crippen molar-refractivity contribution >= 4 is 22.8 Å². The van der Waals surface area contributed by atoms with Gasteiger partial charge < -0.3 is 20.9 Å². The molecule has 0 fully saturated rings. The molecule has 19 heavy (non-hydrogen) atoms. The van der Waals surface area contributed by atoms with Crippen LogP contribution >= 0.6 is 0 Å². The number of fused-ring (bicyclic) bond motifs is 1. The molecule has 0 saturated carbocycles. The Hall–Kier alpha value is -1.99. The van der Waals surface area contributed by atoms with Gasteiger partial charge in [-0.25, -0.2) is 4.98 Å². The minimum atomic E-state index is 0.128. The van der Waals surface area contributed by atoms with E-state index in [1.165, 1.54) is 0 Å². The van der Waals surface area contributed by atoms with Gasteiger partial charge in [0.25, 0.3) is 0 Å². The van der Waals surface area contributed by atoms with Crippen LogP contribution in [0, 0.1) is 0 Å². The number of aryl methyl sites for hydroxylation is 1. The van der Waals surface area contributed by atoms with Gasteiger partial charge >= 0.3 is 0 Å². The molecule has 2 aromatic heterocycles. The first-order valence-corrected chi connectivity index (χ1v) is 5.93. The van der Waals surface area contributed by atoms with Crippen LogP contribution in [0.2, 0.25) is 0 Å². The molecular weight excluding hydrogens is 246 g/mol. The molecule has 0 spiro atoms. The van der Waals surface area contributed by atoms with E-state index >= 15 is 0 Å². The van der Waals surface area contributed by atoms with E-state index in [9.17, 15) is 0 Å². The summed E-state index contributed by atoms with van der Waals surface area (Å²) < 4.78 is 10.2. The number of methoxy groups -OCH3 is 1. The molecule has 2 rings (SSSR count). The number of anilines is 2. The van der Waals surface area contributed by atoms with E-state index in [0.717, 1.165) is 17.7 Å². The molecule has 0 bridgehead atoms. The molecule has 0 amide bonds. The van der Waals surface area contributed by atoms with Gasteiger partial charge in [-0.05, 0) is 12.5 Å². The van der Waals surface area contributed by atoms with Crippen LogP contribution in [0.3, 0.4) is 0 Å². The number of ether oxygens (including phenoxy) is 2. The number of nitrogens with zero attached hydrogens (tertiary/aromatic N) is 3. The van der Waals surface area contributed by atoms with Gasteiger partial charge in [0.2, 0.25) is 5.95 Å². The van der Waals surface area contributed by atoms with Crippen molar-refractivity contribution in [3.05, 3.63) is 17.3 Å². The average Bonchev–Trinajstić information content (AvgIpc) is 2.38. The lowest BCUT2D eigenvalue weighted by Crippen LogP contribution is -2.06. The normalized spacial score (nSPS) is 11.1. The molecule has 0 aliphatic rings. The van der Waals surface area contributed by atoms with E-state index in [1.807, 2.05) is 13.0 Å². The Morgan fingerprint density at radius 1 is 1.21 bits per heavy atom. The van der Waals surface area contributed by atoms with Crippen LogP contribution in [0.5, 0.6) is 0 Å². The molecule has 0 atom stereocenters. The van der Waals surface area contributed by atoms with Crippen LogP contribution in [0.15, 0.2) is 6.07 Å². The van der Waals surface area contributed by atoms with E-state index in [-0.39, 0.29) is 12.7 Å². The summed E-state index contributed by atoms with van der Waals surface area (Å²) in [4.78, 5) is 12.5. The number of rotatable bonds is 5. The van der Waals surface area contributed by atoms with E-state index in [0.29, 0.717) is 23.5 Å². The minimum absolute atomic E-state index is 0.128. The maximum absolute atomic E-state index is 5.84. The van der Waals surface area contributed by atoms with E-state index < -0.39 is 0 Å². The lowest BCUT2D eigenvalue weighted by atomic mass is 10.1. The second-order valence-corrected chi connectivity index (χ2v) is 4.04. The number of nitrogen functional groups attached to an aromatic ring is 2. The Kier molecular flexibility index (Phi) is 4.08. The maximum atomic E-state index is 5.84. The van der Waals surface area contributed by atoms with Crippen LogP contribution in [0.25, 0.3) is 11.0 Å². The topological polar surface area (TPSA) is 109 Å². The number of aromatic nitrogens is 3. The Morgan fingerprint density at radius 3 is 2.68 bits per heavy atom. The van der Waals surface area contributed by atoms with Crippen LogP contribution in [-0.2, 0) is 22.5 Å². The fraction of sp³-hybridized carbons (Fsp3) is 0.417. The minimum Gasteiger partial charge on any atom is -0.383 e. The average molecular weight is 263 g/mol. The SMILES string of the molecule is CCc1nc2nc(N)nc(N)c2cc1COCOC. The van der Waals surface area contributed by atoms with Gasteiger partial charge in [-0.3, -0.25) is 0 Å². The van der Waals surface area contributed by atoms with Crippen molar-refractivity contribution in [1.29, 1.82) is 0 Å². The zero-order valence-corrected chi connectivity index (χ0v) is 11.0. The Labute approximate surface area is 111 Å². The summed E-state index contributed by atoms with van der Waals surface area (Å²) in [5.41, 5.74) is 13.8. The molecule has 0 aliphatic carbocycles. The van der Waals surface area contributed by atoms with Crippen LogP contribution in [-0.4, -0.2) is 28.9 Å². The highest BCUT2D eigenvalue weighted by Crippen LogP contribution is 2.21. The zero-order chi connectivity index (χ0) is 13.8. The zero-order valence-electron chi connectivity index (χ0n) is 11.0. The van der Waals surface area contributed by atoms with Crippen LogP contribution < -0.4 is 11.5 Å². The molecule has 2 aromatic rings. The van der Waals surface area contributed by atoms with Gasteiger partial charge in [-0.15, -0.1) is 0 Å². The lowest BCUT2D eigenvalue weighted by molar-refractivity contribution is -0.0393. The van der Waals surface area contributed by atoms with Gasteiger partial charge in [-0.2, -0.15) is 9.97 Å². The Balaban J connectivity index is 2.45. The third-order valence-corrected chi connectivity index (χ3v) is 2.70. The number of hydrogen-bond donors (Lipinski definition) is 2. The first kappa shape index (κ1) is 13.4. The Morgan fingerprint density at radius 2 is 2.00 bits per heavy atom. The van der Waals surface area contributed by atoms with Gasteiger partial charge in [-0.1, -0.05) is 6.92 Å². The van der Waals surface area contributed by atoms with E-state index in [1.54, 1.807) is 7.11 Å². The summed E-state index contributed by atoms with van der Waals surface area (Å²) >= 11 is 0. The van der Waals surface area contributed by atoms with Gasteiger partial charge in [0.15, 0.2) is 5.65 Å². The fourth-order valence-corrected chi connectivity index (χ4v) is 1.84. The highest BCUT2D eigenvalue weighted by molar-refractivity contribution is 5.86. The number of nitrogens with two attached hydrogens (primary N) is 2. The standard InChI is InChI=1S/C12H17N5O2/c1-3-9-7(5-19-6-18-2)4-8-10(13)16-12(14)17-11(8)15-9/h4H,3,5-6H2,1-2H3,(H4,13,14,15,16,17). The van der Waals surface area contributed by atoms with Crippen LogP contribution in [0.4, 0.5) is 11.8 Å². The van der Waals surface area contributed by atoms with E-state index in [2.05, 4.69) is 15.0 Å². The second-order valence-electron chi connectivity index (χ2n) is 4.04. The van der Waals surface area contributed by atoms with Gasteiger partial charge in [0.05, 0.1) is 12.0 Å². The smallest absolute Gasteiger partial charge is 0.224 e. The number of pyridine rings is 1. The molecular formula is C12H17N5O2. The lowest BCUT2D eigenvalue weighted by Gasteiger charge is -2.10. The van der Waals surface area contributed by atoms with Crippen molar-refractivity contribution in [3.8, 4) is 0 Å². The van der Waals surface area contributed by atoms with Crippen molar-refractivity contribution in [2.24, 2.45) is 0 Å². The van der Waals surface area contributed by atoms with Crippen molar-refractivity contribution in [2.45, 2.75) is 20.0 Å². The highest BCUT2D eigenvalue weighted by Gasteiger charge is 2.10. The molecule has 0 radical (unpaired) electrons. The van der Waals surface area contributed by atoms with Gasteiger partial charge in [0, 0.05) is 18.4 Å².